The van der Waals surface area contributed by atoms with Gasteiger partial charge in [-0.3, -0.25) is 14.5 Å². The SMILES string of the molecule is CC1CCC2(CC1)NC(=O)N(CC(=O)NCCSc1ccc(Cl)cc1)C2=O. The highest BCUT2D eigenvalue weighted by Gasteiger charge is 2.52. The largest absolute Gasteiger partial charge is 0.354 e. The van der Waals surface area contributed by atoms with Crippen LogP contribution in [-0.4, -0.2) is 47.1 Å². The number of imide groups is 1. The number of carbonyl (C=O) groups excluding carboxylic acids is 3. The summed E-state index contributed by atoms with van der Waals surface area (Å²) < 4.78 is 0. The average molecular weight is 410 g/mol. The van der Waals surface area contributed by atoms with Crippen LogP contribution in [0.5, 0.6) is 0 Å². The Hall–Kier alpha value is -1.73. The highest BCUT2D eigenvalue weighted by molar-refractivity contribution is 7.99. The highest BCUT2D eigenvalue weighted by Crippen LogP contribution is 2.36. The molecule has 1 heterocycles. The Balaban J connectivity index is 1.44. The number of benzene rings is 1. The van der Waals surface area contributed by atoms with Gasteiger partial charge in [0.15, 0.2) is 0 Å². The normalized spacial score (nSPS) is 25.0. The van der Waals surface area contributed by atoms with Crippen LogP contribution in [0.15, 0.2) is 29.2 Å². The van der Waals surface area contributed by atoms with Crippen molar-refractivity contribution in [2.75, 3.05) is 18.8 Å². The molecule has 1 spiro atoms. The van der Waals surface area contributed by atoms with Gasteiger partial charge in [0.25, 0.3) is 5.91 Å². The van der Waals surface area contributed by atoms with Crippen LogP contribution in [0, 0.1) is 5.92 Å². The van der Waals surface area contributed by atoms with Crippen LogP contribution in [0.3, 0.4) is 0 Å². The topological polar surface area (TPSA) is 78.5 Å². The van der Waals surface area contributed by atoms with Gasteiger partial charge < -0.3 is 10.6 Å². The van der Waals surface area contributed by atoms with Crippen molar-refractivity contribution >= 4 is 41.2 Å². The molecule has 0 unspecified atom stereocenters. The molecule has 146 valence electrons. The maximum Gasteiger partial charge on any atom is 0.325 e. The van der Waals surface area contributed by atoms with Crippen LogP contribution in [0.1, 0.15) is 32.6 Å². The molecule has 6 nitrogen and oxygen atoms in total. The van der Waals surface area contributed by atoms with E-state index in [2.05, 4.69) is 17.6 Å². The monoisotopic (exact) mass is 409 g/mol. The van der Waals surface area contributed by atoms with Gasteiger partial charge in [-0.2, -0.15) is 0 Å². The molecule has 1 saturated carbocycles. The zero-order chi connectivity index (χ0) is 19.4. The number of halogens is 1. The lowest BCUT2D eigenvalue weighted by Gasteiger charge is -2.33. The Bertz CT molecular complexity index is 717. The fraction of sp³-hybridized carbons (Fsp3) is 0.526. The molecule has 0 radical (unpaired) electrons. The van der Waals surface area contributed by atoms with E-state index in [0.29, 0.717) is 36.1 Å². The van der Waals surface area contributed by atoms with E-state index >= 15 is 0 Å². The molecule has 1 aliphatic carbocycles. The van der Waals surface area contributed by atoms with Crippen molar-refractivity contribution in [3.05, 3.63) is 29.3 Å². The van der Waals surface area contributed by atoms with E-state index in [4.69, 9.17) is 11.6 Å². The molecule has 1 aromatic rings. The lowest BCUT2D eigenvalue weighted by atomic mass is 9.77. The number of carbonyl (C=O) groups is 3. The molecular weight excluding hydrogens is 386 g/mol. The molecule has 0 atom stereocenters. The van der Waals surface area contributed by atoms with Gasteiger partial charge in [-0.25, -0.2) is 4.79 Å². The van der Waals surface area contributed by atoms with E-state index < -0.39 is 11.6 Å². The van der Waals surface area contributed by atoms with Crippen LogP contribution < -0.4 is 10.6 Å². The zero-order valence-electron chi connectivity index (χ0n) is 15.3. The van der Waals surface area contributed by atoms with Gasteiger partial charge in [0.2, 0.25) is 5.91 Å². The Morgan fingerprint density at radius 3 is 2.63 bits per heavy atom. The summed E-state index contributed by atoms with van der Waals surface area (Å²) in [6, 6.07) is 7.03. The number of amides is 4. The molecule has 8 heteroatoms. The summed E-state index contributed by atoms with van der Waals surface area (Å²) in [6.07, 6.45) is 3.12. The average Bonchev–Trinajstić information content (AvgIpc) is 2.87. The summed E-state index contributed by atoms with van der Waals surface area (Å²) in [7, 11) is 0. The minimum atomic E-state index is -0.797. The predicted octanol–water partition coefficient (Wildman–Crippen LogP) is 3.05. The van der Waals surface area contributed by atoms with Crippen molar-refractivity contribution in [2.24, 2.45) is 5.92 Å². The molecule has 3 rings (SSSR count). The van der Waals surface area contributed by atoms with Gasteiger partial charge in [-0.15, -0.1) is 11.8 Å². The Kier molecular flexibility index (Phi) is 6.32. The van der Waals surface area contributed by atoms with Gasteiger partial charge in [0, 0.05) is 22.2 Å². The maximum absolute atomic E-state index is 12.7. The maximum atomic E-state index is 12.7. The highest BCUT2D eigenvalue weighted by atomic mass is 35.5. The van der Waals surface area contributed by atoms with Crippen molar-refractivity contribution in [1.82, 2.24) is 15.5 Å². The molecule has 2 aliphatic rings. The summed E-state index contributed by atoms with van der Waals surface area (Å²) in [5.41, 5.74) is -0.797. The molecule has 1 aromatic carbocycles. The Labute approximate surface area is 168 Å². The van der Waals surface area contributed by atoms with Crippen LogP contribution >= 0.6 is 23.4 Å². The molecule has 27 heavy (non-hydrogen) atoms. The first-order valence-electron chi connectivity index (χ1n) is 9.19. The van der Waals surface area contributed by atoms with Crippen molar-refractivity contribution in [1.29, 1.82) is 0 Å². The number of nitrogens with one attached hydrogen (secondary N) is 2. The first-order valence-corrected chi connectivity index (χ1v) is 10.6. The molecule has 2 fully saturated rings. The summed E-state index contributed by atoms with van der Waals surface area (Å²) in [6.45, 7) is 2.38. The number of hydrogen-bond donors (Lipinski definition) is 2. The van der Waals surface area contributed by atoms with E-state index in [0.717, 1.165) is 22.6 Å². The van der Waals surface area contributed by atoms with Crippen molar-refractivity contribution < 1.29 is 14.4 Å². The molecule has 0 bridgehead atoms. The third-order valence-electron chi connectivity index (χ3n) is 5.18. The van der Waals surface area contributed by atoms with Gasteiger partial charge >= 0.3 is 6.03 Å². The minimum Gasteiger partial charge on any atom is -0.354 e. The van der Waals surface area contributed by atoms with Crippen LogP contribution in [0.25, 0.3) is 0 Å². The molecule has 1 saturated heterocycles. The van der Waals surface area contributed by atoms with Crippen molar-refractivity contribution in [3.8, 4) is 0 Å². The fourth-order valence-electron chi connectivity index (χ4n) is 3.50. The number of urea groups is 1. The smallest absolute Gasteiger partial charge is 0.325 e. The van der Waals surface area contributed by atoms with E-state index in [1.807, 2.05) is 24.3 Å². The number of thioether (sulfide) groups is 1. The second-order valence-corrected chi connectivity index (χ2v) is 8.84. The van der Waals surface area contributed by atoms with E-state index in [1.54, 1.807) is 11.8 Å². The molecule has 2 N–H and O–H groups in total. The van der Waals surface area contributed by atoms with Crippen LogP contribution in [0.4, 0.5) is 4.79 Å². The van der Waals surface area contributed by atoms with E-state index in [1.165, 1.54) is 0 Å². The molecule has 4 amide bonds. The fourth-order valence-corrected chi connectivity index (χ4v) is 4.40. The molecule has 1 aliphatic heterocycles. The van der Waals surface area contributed by atoms with Crippen LogP contribution in [0.2, 0.25) is 5.02 Å². The second kappa shape index (κ2) is 8.52. The van der Waals surface area contributed by atoms with Gasteiger partial charge in [0.1, 0.15) is 12.1 Å². The summed E-state index contributed by atoms with van der Waals surface area (Å²) in [5.74, 6) is 0.673. The second-order valence-electron chi connectivity index (χ2n) is 7.24. The third kappa shape index (κ3) is 4.76. The zero-order valence-corrected chi connectivity index (χ0v) is 16.9. The molecule has 0 aromatic heterocycles. The quantitative estimate of drug-likeness (QED) is 0.430. The van der Waals surface area contributed by atoms with Crippen molar-refractivity contribution in [3.63, 3.8) is 0 Å². The predicted molar refractivity (Wildman–Crippen MR) is 106 cm³/mol. The number of hydrogen-bond acceptors (Lipinski definition) is 4. The summed E-state index contributed by atoms with van der Waals surface area (Å²) in [5, 5.41) is 6.29. The first kappa shape index (κ1) is 20.0. The minimum absolute atomic E-state index is 0.229. The molecular formula is C19H24ClN3O3S. The van der Waals surface area contributed by atoms with Gasteiger partial charge in [0.05, 0.1) is 0 Å². The van der Waals surface area contributed by atoms with Crippen LogP contribution in [-0.2, 0) is 9.59 Å². The van der Waals surface area contributed by atoms with E-state index in [-0.39, 0.29) is 18.4 Å². The number of rotatable bonds is 6. The van der Waals surface area contributed by atoms with Gasteiger partial charge in [-0.05, 0) is 55.9 Å². The van der Waals surface area contributed by atoms with Gasteiger partial charge in [-0.1, -0.05) is 18.5 Å². The Morgan fingerprint density at radius 2 is 1.96 bits per heavy atom. The first-order chi connectivity index (χ1) is 12.9. The summed E-state index contributed by atoms with van der Waals surface area (Å²) in [4.78, 5) is 39.2. The third-order valence-corrected chi connectivity index (χ3v) is 6.45. The Morgan fingerprint density at radius 1 is 1.30 bits per heavy atom. The van der Waals surface area contributed by atoms with Crippen molar-refractivity contribution in [2.45, 2.75) is 43.0 Å². The number of nitrogens with zero attached hydrogens (tertiary/aromatic N) is 1. The lowest BCUT2D eigenvalue weighted by molar-refractivity contribution is -0.136. The standard InChI is InChI=1S/C19H24ClN3O3S/c1-13-6-8-19(9-7-13)17(25)23(18(26)22-19)12-16(24)21-10-11-27-15-4-2-14(20)3-5-15/h2-5,13H,6-12H2,1H3,(H,21,24)(H,22,26). The summed E-state index contributed by atoms with van der Waals surface area (Å²) >= 11 is 7.45. The lowest BCUT2D eigenvalue weighted by Crippen LogP contribution is -2.50. The van der Waals surface area contributed by atoms with E-state index in [9.17, 15) is 14.4 Å².